The molecule has 3 heterocycles. The Balaban J connectivity index is 1.88. The number of hydrogen-bond acceptors (Lipinski definition) is 5. The molecule has 0 saturated heterocycles. The van der Waals surface area contributed by atoms with Crippen LogP contribution in [0.3, 0.4) is 0 Å². The highest BCUT2D eigenvalue weighted by atomic mass is 32.1. The Morgan fingerprint density at radius 1 is 1.38 bits per heavy atom. The maximum absolute atomic E-state index is 13.1. The maximum atomic E-state index is 13.1. The van der Waals surface area contributed by atoms with E-state index in [9.17, 15) is 4.79 Å². The normalized spacial score (nSPS) is 11.4. The Labute approximate surface area is 157 Å². The molecule has 3 rings (SSSR count). The molecule has 0 aromatic carbocycles. The standard InChI is InChI=1S/C19H24N4O2S/c1-13(2)23-12-21-16-9-15(10-20-18(16)23)19(24)22(6-7-25-4)11-17-14(3)5-8-26-17/h5,8-10,12-13H,6-7,11H2,1-4H3. The molecule has 138 valence electrons. The zero-order chi connectivity index (χ0) is 18.7. The molecule has 0 radical (unpaired) electrons. The fourth-order valence-corrected chi connectivity index (χ4v) is 3.71. The van der Waals surface area contributed by atoms with Gasteiger partial charge in [0.1, 0.15) is 5.52 Å². The van der Waals surface area contributed by atoms with E-state index in [1.165, 1.54) is 10.4 Å². The second-order valence-corrected chi connectivity index (χ2v) is 7.56. The Bertz CT molecular complexity index is 900. The van der Waals surface area contributed by atoms with Crippen LogP contribution in [0.15, 0.2) is 30.0 Å². The highest BCUT2D eigenvalue weighted by Gasteiger charge is 2.19. The van der Waals surface area contributed by atoms with E-state index in [1.54, 1.807) is 31.0 Å². The molecule has 0 spiro atoms. The lowest BCUT2D eigenvalue weighted by Gasteiger charge is -2.22. The highest BCUT2D eigenvalue weighted by Crippen LogP contribution is 2.21. The number of ether oxygens (including phenoxy) is 1. The van der Waals surface area contributed by atoms with E-state index in [-0.39, 0.29) is 11.9 Å². The lowest BCUT2D eigenvalue weighted by atomic mass is 10.2. The average Bonchev–Trinajstić information content (AvgIpc) is 3.23. The van der Waals surface area contributed by atoms with Gasteiger partial charge in [0, 0.05) is 30.8 Å². The largest absolute Gasteiger partial charge is 0.383 e. The Hall–Kier alpha value is -2.25. The molecule has 3 aromatic heterocycles. The van der Waals surface area contributed by atoms with E-state index in [4.69, 9.17) is 4.74 Å². The van der Waals surface area contributed by atoms with Gasteiger partial charge in [-0.15, -0.1) is 11.3 Å². The topological polar surface area (TPSA) is 60.2 Å². The number of fused-ring (bicyclic) bond motifs is 1. The lowest BCUT2D eigenvalue weighted by Crippen LogP contribution is -2.33. The molecule has 7 heteroatoms. The first kappa shape index (κ1) is 18.5. The summed E-state index contributed by atoms with van der Waals surface area (Å²) in [5.41, 5.74) is 3.30. The highest BCUT2D eigenvalue weighted by molar-refractivity contribution is 7.10. The molecule has 3 aromatic rings. The summed E-state index contributed by atoms with van der Waals surface area (Å²) in [6.45, 7) is 7.83. The first-order valence-corrected chi connectivity index (χ1v) is 9.53. The van der Waals surface area contributed by atoms with Crippen LogP contribution in [-0.4, -0.2) is 45.6 Å². The van der Waals surface area contributed by atoms with Crippen molar-refractivity contribution in [2.45, 2.75) is 33.4 Å². The number of hydrogen-bond donors (Lipinski definition) is 0. The second-order valence-electron chi connectivity index (χ2n) is 6.56. The molecule has 0 aliphatic rings. The third-order valence-corrected chi connectivity index (χ3v) is 5.38. The van der Waals surface area contributed by atoms with Gasteiger partial charge in [0.05, 0.1) is 25.0 Å². The zero-order valence-corrected chi connectivity index (χ0v) is 16.4. The molecule has 0 saturated carbocycles. The minimum absolute atomic E-state index is 0.0525. The van der Waals surface area contributed by atoms with Crippen molar-refractivity contribution in [3.8, 4) is 0 Å². The number of aromatic nitrogens is 3. The van der Waals surface area contributed by atoms with Gasteiger partial charge in [-0.2, -0.15) is 0 Å². The quantitative estimate of drug-likeness (QED) is 0.635. The number of carbonyl (C=O) groups is 1. The summed E-state index contributed by atoms with van der Waals surface area (Å²) < 4.78 is 7.19. The Morgan fingerprint density at radius 3 is 2.85 bits per heavy atom. The number of rotatable bonds is 7. The van der Waals surface area contributed by atoms with Crippen molar-refractivity contribution in [2.24, 2.45) is 0 Å². The number of amides is 1. The van der Waals surface area contributed by atoms with Gasteiger partial charge < -0.3 is 14.2 Å². The number of pyridine rings is 1. The third kappa shape index (κ3) is 3.78. The van der Waals surface area contributed by atoms with Crippen LogP contribution in [0.25, 0.3) is 11.2 Å². The van der Waals surface area contributed by atoms with E-state index >= 15 is 0 Å². The summed E-state index contributed by atoms with van der Waals surface area (Å²) in [6, 6.07) is 4.17. The Kier molecular flexibility index (Phi) is 5.68. The second kappa shape index (κ2) is 7.97. The van der Waals surface area contributed by atoms with Crippen LogP contribution in [0.1, 0.15) is 40.7 Å². The predicted molar refractivity (Wildman–Crippen MR) is 104 cm³/mol. The fraction of sp³-hybridized carbons (Fsp3) is 0.421. The monoisotopic (exact) mass is 372 g/mol. The molecule has 0 unspecified atom stereocenters. The number of methoxy groups -OCH3 is 1. The summed E-state index contributed by atoms with van der Waals surface area (Å²) in [7, 11) is 1.64. The number of imidazole rings is 1. The van der Waals surface area contributed by atoms with Crippen molar-refractivity contribution in [3.05, 3.63) is 46.0 Å². The van der Waals surface area contributed by atoms with E-state index in [1.807, 2.05) is 15.5 Å². The van der Waals surface area contributed by atoms with Crippen LogP contribution in [0, 0.1) is 6.92 Å². The number of carbonyl (C=O) groups excluding carboxylic acids is 1. The van der Waals surface area contributed by atoms with Gasteiger partial charge in [0.15, 0.2) is 5.65 Å². The molecule has 0 bridgehead atoms. The third-order valence-electron chi connectivity index (χ3n) is 4.37. The summed E-state index contributed by atoms with van der Waals surface area (Å²) >= 11 is 1.67. The first-order valence-electron chi connectivity index (χ1n) is 8.65. The van der Waals surface area contributed by atoms with Crippen LogP contribution in [-0.2, 0) is 11.3 Å². The van der Waals surface area contributed by atoms with Crippen LogP contribution in [0.5, 0.6) is 0 Å². The van der Waals surface area contributed by atoms with Gasteiger partial charge >= 0.3 is 0 Å². The van der Waals surface area contributed by atoms with Crippen molar-refractivity contribution >= 4 is 28.4 Å². The lowest BCUT2D eigenvalue weighted by molar-refractivity contribution is 0.0682. The van der Waals surface area contributed by atoms with Crippen LogP contribution < -0.4 is 0 Å². The SMILES string of the molecule is COCCN(Cc1sccc1C)C(=O)c1cnc2c(c1)ncn2C(C)C. The molecule has 0 aliphatic heterocycles. The van der Waals surface area contributed by atoms with E-state index in [0.717, 1.165) is 11.2 Å². The number of thiophene rings is 1. The van der Waals surface area contributed by atoms with E-state index in [0.29, 0.717) is 25.3 Å². The van der Waals surface area contributed by atoms with E-state index in [2.05, 4.69) is 42.2 Å². The molecule has 1 amide bonds. The number of aryl methyl sites for hydroxylation is 1. The molecule has 0 N–H and O–H groups in total. The van der Waals surface area contributed by atoms with Gasteiger partial charge in [0.2, 0.25) is 0 Å². The minimum atomic E-state index is -0.0525. The fourth-order valence-electron chi connectivity index (χ4n) is 2.79. The van der Waals surface area contributed by atoms with Crippen LogP contribution in [0.4, 0.5) is 0 Å². The Morgan fingerprint density at radius 2 is 2.19 bits per heavy atom. The van der Waals surface area contributed by atoms with E-state index < -0.39 is 0 Å². The first-order chi connectivity index (χ1) is 12.5. The molecule has 6 nitrogen and oxygen atoms in total. The van der Waals surface area contributed by atoms with Gasteiger partial charge in [-0.1, -0.05) is 0 Å². The van der Waals surface area contributed by atoms with Crippen LogP contribution in [0.2, 0.25) is 0 Å². The maximum Gasteiger partial charge on any atom is 0.255 e. The van der Waals surface area contributed by atoms with Crippen molar-refractivity contribution in [2.75, 3.05) is 20.3 Å². The van der Waals surface area contributed by atoms with Crippen molar-refractivity contribution in [3.63, 3.8) is 0 Å². The van der Waals surface area contributed by atoms with Crippen LogP contribution >= 0.6 is 11.3 Å². The molecule has 0 aliphatic carbocycles. The van der Waals surface area contributed by atoms with Gasteiger partial charge in [-0.3, -0.25) is 4.79 Å². The summed E-state index contributed by atoms with van der Waals surface area (Å²) in [4.78, 5) is 25.0. The summed E-state index contributed by atoms with van der Waals surface area (Å²) in [5, 5.41) is 2.05. The van der Waals surface area contributed by atoms with Gasteiger partial charge in [-0.25, -0.2) is 9.97 Å². The molecule has 0 atom stereocenters. The summed E-state index contributed by atoms with van der Waals surface area (Å²) in [5.74, 6) is -0.0525. The van der Waals surface area contributed by atoms with Crippen molar-refractivity contribution in [1.29, 1.82) is 0 Å². The minimum Gasteiger partial charge on any atom is -0.383 e. The van der Waals surface area contributed by atoms with Crippen molar-refractivity contribution < 1.29 is 9.53 Å². The summed E-state index contributed by atoms with van der Waals surface area (Å²) in [6.07, 6.45) is 3.42. The molecular formula is C19H24N4O2S. The van der Waals surface area contributed by atoms with Gasteiger partial charge in [-0.05, 0) is 43.8 Å². The smallest absolute Gasteiger partial charge is 0.255 e. The molecule has 26 heavy (non-hydrogen) atoms. The molecule has 0 fully saturated rings. The predicted octanol–water partition coefficient (Wildman–Crippen LogP) is 3.67. The van der Waals surface area contributed by atoms with Gasteiger partial charge in [0.25, 0.3) is 5.91 Å². The zero-order valence-electron chi connectivity index (χ0n) is 15.6. The average molecular weight is 372 g/mol. The van der Waals surface area contributed by atoms with Crippen molar-refractivity contribution in [1.82, 2.24) is 19.4 Å². The number of nitrogens with zero attached hydrogens (tertiary/aromatic N) is 4. The molecular weight excluding hydrogens is 348 g/mol.